The summed E-state index contributed by atoms with van der Waals surface area (Å²) in [5, 5.41) is 9.34. The number of hydrogen-bond donors (Lipinski definition) is 1. The van der Waals surface area contributed by atoms with Gasteiger partial charge in [-0.05, 0) is 31.0 Å². The molecule has 0 aliphatic heterocycles. The van der Waals surface area contributed by atoms with Gasteiger partial charge in [-0.1, -0.05) is 12.1 Å². The highest BCUT2D eigenvalue weighted by atomic mass is 32.2. The predicted molar refractivity (Wildman–Crippen MR) is 64.3 cm³/mol. The molecule has 2 nitrogen and oxygen atoms in total. The van der Waals surface area contributed by atoms with Crippen molar-refractivity contribution in [1.82, 2.24) is 0 Å². The minimum Gasteiger partial charge on any atom is -0.389 e. The van der Waals surface area contributed by atoms with E-state index in [-0.39, 0.29) is 6.10 Å². The van der Waals surface area contributed by atoms with E-state index in [1.807, 2.05) is 23.9 Å². The Kier molecular flexibility index (Phi) is 5.76. The molecule has 1 aromatic carbocycles. The van der Waals surface area contributed by atoms with Gasteiger partial charge in [0.1, 0.15) is 0 Å². The normalized spacial score (nSPS) is 12.7. The number of aliphatic hydroxyl groups is 1. The Labute approximate surface area is 95.7 Å². The first kappa shape index (κ1) is 12.6. The molecule has 0 fully saturated rings. The van der Waals surface area contributed by atoms with Crippen LogP contribution < -0.4 is 0 Å². The van der Waals surface area contributed by atoms with Gasteiger partial charge in [-0.15, -0.1) is 11.8 Å². The first-order chi connectivity index (χ1) is 7.24. The molecule has 1 N–H and O–H groups in total. The highest BCUT2D eigenvalue weighted by molar-refractivity contribution is 7.99. The van der Waals surface area contributed by atoms with Crippen molar-refractivity contribution in [3.63, 3.8) is 0 Å². The van der Waals surface area contributed by atoms with E-state index in [4.69, 9.17) is 4.74 Å². The molecule has 0 aromatic heterocycles. The van der Waals surface area contributed by atoms with Crippen LogP contribution in [0, 0.1) is 0 Å². The maximum atomic E-state index is 9.34. The molecule has 0 bridgehead atoms. The Morgan fingerprint density at radius 1 is 1.33 bits per heavy atom. The highest BCUT2D eigenvalue weighted by Gasteiger charge is 2.00. The Morgan fingerprint density at radius 3 is 2.53 bits per heavy atom. The van der Waals surface area contributed by atoms with Crippen LogP contribution in [0.4, 0.5) is 0 Å². The summed E-state index contributed by atoms with van der Waals surface area (Å²) in [7, 11) is 1.72. The van der Waals surface area contributed by atoms with Gasteiger partial charge < -0.3 is 9.84 Å². The number of benzene rings is 1. The van der Waals surface area contributed by atoms with Crippen molar-refractivity contribution in [2.24, 2.45) is 0 Å². The lowest BCUT2D eigenvalue weighted by Crippen LogP contribution is -1.91. The van der Waals surface area contributed by atoms with Gasteiger partial charge in [0.25, 0.3) is 0 Å². The second-order valence-electron chi connectivity index (χ2n) is 3.44. The number of aliphatic hydroxyl groups excluding tert-OH is 1. The Balaban J connectivity index is 2.36. The van der Waals surface area contributed by atoms with Crippen molar-refractivity contribution in [1.29, 1.82) is 0 Å². The van der Waals surface area contributed by atoms with Gasteiger partial charge >= 0.3 is 0 Å². The SMILES string of the molecule is COCCCSc1ccc([C@H](C)O)cc1. The fourth-order valence-corrected chi connectivity index (χ4v) is 2.06. The van der Waals surface area contributed by atoms with E-state index < -0.39 is 0 Å². The predicted octanol–water partition coefficient (Wildman–Crippen LogP) is 2.87. The minimum atomic E-state index is -0.377. The number of ether oxygens (including phenoxy) is 1. The molecule has 1 atom stereocenters. The average molecular weight is 226 g/mol. The third kappa shape index (κ3) is 4.69. The topological polar surface area (TPSA) is 29.5 Å². The van der Waals surface area contributed by atoms with Crippen LogP contribution in [0.25, 0.3) is 0 Å². The van der Waals surface area contributed by atoms with Crippen LogP contribution in [-0.4, -0.2) is 24.6 Å². The number of hydrogen-bond acceptors (Lipinski definition) is 3. The van der Waals surface area contributed by atoms with Gasteiger partial charge in [0.05, 0.1) is 6.10 Å². The Morgan fingerprint density at radius 2 is 2.00 bits per heavy atom. The smallest absolute Gasteiger partial charge is 0.0761 e. The first-order valence-electron chi connectivity index (χ1n) is 5.14. The van der Waals surface area contributed by atoms with E-state index in [9.17, 15) is 5.11 Å². The summed E-state index contributed by atoms with van der Waals surface area (Å²) in [4.78, 5) is 1.25. The summed E-state index contributed by atoms with van der Waals surface area (Å²) in [6.07, 6.45) is 0.691. The van der Waals surface area contributed by atoms with Crippen LogP contribution in [0.2, 0.25) is 0 Å². The molecule has 0 spiro atoms. The molecule has 0 aliphatic carbocycles. The molecule has 0 aliphatic rings. The summed E-state index contributed by atoms with van der Waals surface area (Å²) >= 11 is 1.82. The third-order valence-corrected chi connectivity index (χ3v) is 3.22. The molecule has 0 amide bonds. The first-order valence-corrected chi connectivity index (χ1v) is 6.12. The van der Waals surface area contributed by atoms with E-state index in [1.165, 1.54) is 4.90 Å². The molecule has 3 heteroatoms. The Hall–Kier alpha value is -0.510. The summed E-state index contributed by atoms with van der Waals surface area (Å²) in [6.45, 7) is 2.60. The second kappa shape index (κ2) is 6.88. The maximum Gasteiger partial charge on any atom is 0.0761 e. The Bertz CT molecular complexity index is 269. The fraction of sp³-hybridized carbons (Fsp3) is 0.500. The van der Waals surface area contributed by atoms with Gasteiger partial charge in [0, 0.05) is 24.4 Å². The second-order valence-corrected chi connectivity index (χ2v) is 4.61. The van der Waals surface area contributed by atoms with Crippen LogP contribution in [0.1, 0.15) is 25.0 Å². The van der Waals surface area contributed by atoms with E-state index in [0.29, 0.717) is 0 Å². The lowest BCUT2D eigenvalue weighted by Gasteiger charge is -2.06. The molecular weight excluding hydrogens is 208 g/mol. The van der Waals surface area contributed by atoms with Crippen LogP contribution >= 0.6 is 11.8 Å². The van der Waals surface area contributed by atoms with Crippen molar-refractivity contribution >= 4 is 11.8 Å². The van der Waals surface area contributed by atoms with Crippen molar-refractivity contribution in [3.8, 4) is 0 Å². The molecule has 0 saturated heterocycles. The van der Waals surface area contributed by atoms with Gasteiger partial charge in [-0.3, -0.25) is 0 Å². The maximum absolute atomic E-state index is 9.34. The van der Waals surface area contributed by atoms with E-state index in [1.54, 1.807) is 14.0 Å². The zero-order valence-corrected chi connectivity index (χ0v) is 10.1. The van der Waals surface area contributed by atoms with E-state index >= 15 is 0 Å². The number of rotatable bonds is 6. The lowest BCUT2D eigenvalue weighted by molar-refractivity contribution is 0.199. The molecule has 1 aromatic rings. The summed E-state index contributed by atoms with van der Waals surface area (Å²) < 4.78 is 4.98. The molecule has 84 valence electrons. The van der Waals surface area contributed by atoms with Gasteiger partial charge in [0.15, 0.2) is 0 Å². The molecular formula is C12H18O2S. The largest absolute Gasteiger partial charge is 0.389 e. The summed E-state index contributed by atoms with van der Waals surface area (Å²) in [6, 6.07) is 8.06. The summed E-state index contributed by atoms with van der Waals surface area (Å²) in [5.74, 6) is 1.07. The van der Waals surface area contributed by atoms with Crippen molar-refractivity contribution < 1.29 is 9.84 Å². The fourth-order valence-electron chi connectivity index (χ4n) is 1.24. The average Bonchev–Trinajstić information content (AvgIpc) is 2.25. The van der Waals surface area contributed by atoms with Crippen LogP contribution in [-0.2, 0) is 4.74 Å². The molecule has 0 saturated carbocycles. The standard InChI is InChI=1S/C12H18O2S/c1-10(13)11-4-6-12(7-5-11)15-9-3-8-14-2/h4-7,10,13H,3,8-9H2,1-2H3/t10-/m0/s1. The van der Waals surface area contributed by atoms with Crippen LogP contribution in [0.3, 0.4) is 0 Å². The van der Waals surface area contributed by atoms with Crippen molar-refractivity contribution in [3.05, 3.63) is 29.8 Å². The quantitative estimate of drug-likeness (QED) is 0.597. The van der Waals surface area contributed by atoms with Gasteiger partial charge in [-0.25, -0.2) is 0 Å². The summed E-state index contributed by atoms with van der Waals surface area (Å²) in [5.41, 5.74) is 0.969. The van der Waals surface area contributed by atoms with Crippen LogP contribution in [0.15, 0.2) is 29.2 Å². The van der Waals surface area contributed by atoms with Gasteiger partial charge in [0.2, 0.25) is 0 Å². The molecule has 1 rings (SSSR count). The number of thioether (sulfide) groups is 1. The molecule has 15 heavy (non-hydrogen) atoms. The molecule has 0 heterocycles. The van der Waals surface area contributed by atoms with Crippen molar-refractivity contribution in [2.45, 2.75) is 24.3 Å². The highest BCUT2D eigenvalue weighted by Crippen LogP contribution is 2.21. The van der Waals surface area contributed by atoms with E-state index in [2.05, 4.69) is 12.1 Å². The molecule has 0 radical (unpaired) electrons. The third-order valence-electron chi connectivity index (χ3n) is 2.12. The van der Waals surface area contributed by atoms with Gasteiger partial charge in [-0.2, -0.15) is 0 Å². The van der Waals surface area contributed by atoms with Crippen molar-refractivity contribution in [2.75, 3.05) is 19.5 Å². The number of methoxy groups -OCH3 is 1. The monoisotopic (exact) mass is 226 g/mol. The van der Waals surface area contributed by atoms with Crippen LogP contribution in [0.5, 0.6) is 0 Å². The van der Waals surface area contributed by atoms with E-state index in [0.717, 1.165) is 24.3 Å². The lowest BCUT2D eigenvalue weighted by atomic mass is 10.1. The zero-order chi connectivity index (χ0) is 11.1. The molecule has 0 unspecified atom stereocenters. The minimum absolute atomic E-state index is 0.377. The zero-order valence-electron chi connectivity index (χ0n) is 9.27.